The van der Waals surface area contributed by atoms with Crippen molar-refractivity contribution >= 4 is 22.9 Å². The summed E-state index contributed by atoms with van der Waals surface area (Å²) >= 11 is 7.36. The van der Waals surface area contributed by atoms with E-state index in [1.807, 2.05) is 19.1 Å². The van der Waals surface area contributed by atoms with Crippen LogP contribution in [0.4, 0.5) is 4.39 Å². The fourth-order valence-corrected chi connectivity index (χ4v) is 2.87. The van der Waals surface area contributed by atoms with Gasteiger partial charge < -0.3 is 5.73 Å². The minimum atomic E-state index is -0.623. The molecule has 0 aliphatic carbocycles. The van der Waals surface area contributed by atoms with Crippen LogP contribution in [0.1, 0.15) is 17.5 Å². The lowest BCUT2D eigenvalue weighted by atomic mass is 9.93. The number of halogens is 2. The fraction of sp³-hybridized carbons (Fsp3) is 0.250. The number of rotatable bonds is 3. The first-order valence-electron chi connectivity index (χ1n) is 5.12. The summed E-state index contributed by atoms with van der Waals surface area (Å²) in [4.78, 5) is 5.11. The molecular formula is C12H12ClFN2S. The third-order valence-electron chi connectivity index (χ3n) is 2.48. The second kappa shape index (κ2) is 4.72. The van der Waals surface area contributed by atoms with Crippen LogP contribution in [0.3, 0.4) is 0 Å². The molecular weight excluding hydrogens is 259 g/mol. The Morgan fingerprint density at radius 1 is 1.41 bits per heavy atom. The molecule has 0 saturated heterocycles. The molecule has 0 amide bonds. The average molecular weight is 271 g/mol. The van der Waals surface area contributed by atoms with Crippen LogP contribution in [-0.2, 0) is 12.0 Å². The van der Waals surface area contributed by atoms with E-state index in [4.69, 9.17) is 17.3 Å². The molecule has 0 bridgehead atoms. The molecule has 2 aromatic heterocycles. The van der Waals surface area contributed by atoms with E-state index in [9.17, 15) is 4.39 Å². The number of nitrogens with zero attached hydrogens (tertiary/aromatic N) is 1. The molecule has 0 spiro atoms. The molecule has 2 N–H and O–H groups in total. The Balaban J connectivity index is 2.21. The van der Waals surface area contributed by atoms with Crippen LogP contribution in [0.15, 0.2) is 30.5 Å². The summed E-state index contributed by atoms with van der Waals surface area (Å²) in [6, 6.07) is 6.77. The Bertz CT molecular complexity index is 507. The van der Waals surface area contributed by atoms with Crippen molar-refractivity contribution in [1.29, 1.82) is 0 Å². The maximum atomic E-state index is 12.8. The van der Waals surface area contributed by atoms with Crippen molar-refractivity contribution in [3.05, 3.63) is 51.2 Å². The average Bonchev–Trinajstić information content (AvgIpc) is 2.63. The zero-order chi connectivity index (χ0) is 12.5. The molecule has 0 saturated carbocycles. The predicted molar refractivity (Wildman–Crippen MR) is 68.8 cm³/mol. The van der Waals surface area contributed by atoms with Gasteiger partial charge in [-0.2, -0.15) is 0 Å². The van der Waals surface area contributed by atoms with Gasteiger partial charge in [-0.1, -0.05) is 11.6 Å². The van der Waals surface area contributed by atoms with Crippen molar-refractivity contribution in [3.63, 3.8) is 0 Å². The molecule has 17 heavy (non-hydrogen) atoms. The molecule has 5 heteroatoms. The first kappa shape index (κ1) is 12.5. The summed E-state index contributed by atoms with van der Waals surface area (Å²) in [6.45, 7) is 1.88. The highest BCUT2D eigenvalue weighted by Crippen LogP contribution is 2.28. The van der Waals surface area contributed by atoms with Gasteiger partial charge in [0.05, 0.1) is 21.8 Å². The molecule has 0 aromatic carbocycles. The van der Waals surface area contributed by atoms with Gasteiger partial charge >= 0.3 is 0 Å². The summed E-state index contributed by atoms with van der Waals surface area (Å²) in [7, 11) is 0. The lowest BCUT2D eigenvalue weighted by Crippen LogP contribution is -2.36. The van der Waals surface area contributed by atoms with Gasteiger partial charge in [0.25, 0.3) is 0 Å². The van der Waals surface area contributed by atoms with Crippen LogP contribution in [-0.4, -0.2) is 4.98 Å². The number of hydrogen-bond acceptors (Lipinski definition) is 3. The summed E-state index contributed by atoms with van der Waals surface area (Å²) in [6.07, 6.45) is 1.81. The lowest BCUT2D eigenvalue weighted by molar-refractivity contribution is 0.476. The van der Waals surface area contributed by atoms with E-state index in [0.717, 1.165) is 9.21 Å². The monoisotopic (exact) mass is 270 g/mol. The van der Waals surface area contributed by atoms with Crippen LogP contribution in [0.25, 0.3) is 0 Å². The van der Waals surface area contributed by atoms with Crippen molar-refractivity contribution in [2.75, 3.05) is 0 Å². The van der Waals surface area contributed by atoms with Crippen molar-refractivity contribution in [3.8, 4) is 0 Å². The number of pyridine rings is 1. The molecule has 0 fully saturated rings. The van der Waals surface area contributed by atoms with Gasteiger partial charge in [-0.15, -0.1) is 11.3 Å². The second-order valence-electron chi connectivity index (χ2n) is 4.16. The van der Waals surface area contributed by atoms with Gasteiger partial charge in [-0.3, -0.25) is 4.98 Å². The third-order valence-corrected chi connectivity index (χ3v) is 3.71. The Morgan fingerprint density at radius 2 is 2.18 bits per heavy atom. The highest BCUT2D eigenvalue weighted by atomic mass is 35.5. The van der Waals surface area contributed by atoms with Crippen LogP contribution >= 0.6 is 22.9 Å². The van der Waals surface area contributed by atoms with E-state index >= 15 is 0 Å². The molecule has 2 rings (SSSR count). The van der Waals surface area contributed by atoms with Crippen molar-refractivity contribution in [1.82, 2.24) is 4.98 Å². The minimum absolute atomic E-state index is 0.358. The Labute approximate surface area is 108 Å². The van der Waals surface area contributed by atoms with Gasteiger partial charge in [0, 0.05) is 11.3 Å². The molecule has 2 aromatic rings. The normalized spacial score (nSPS) is 14.6. The first-order valence-corrected chi connectivity index (χ1v) is 6.32. The summed E-state index contributed by atoms with van der Waals surface area (Å²) in [5.74, 6) is -0.358. The molecule has 2 nitrogen and oxygen atoms in total. The third kappa shape index (κ3) is 3.03. The summed E-state index contributed by atoms with van der Waals surface area (Å²) in [5, 5.41) is 0. The van der Waals surface area contributed by atoms with E-state index in [2.05, 4.69) is 4.98 Å². The van der Waals surface area contributed by atoms with E-state index in [1.165, 1.54) is 23.6 Å². The van der Waals surface area contributed by atoms with E-state index in [-0.39, 0.29) is 5.82 Å². The molecule has 1 atom stereocenters. The van der Waals surface area contributed by atoms with Gasteiger partial charge in [0.2, 0.25) is 0 Å². The molecule has 90 valence electrons. The molecule has 2 heterocycles. The zero-order valence-electron chi connectivity index (χ0n) is 9.28. The Kier molecular flexibility index (Phi) is 3.47. The van der Waals surface area contributed by atoms with Gasteiger partial charge in [-0.25, -0.2) is 4.39 Å². The topological polar surface area (TPSA) is 38.9 Å². The Morgan fingerprint density at radius 3 is 2.71 bits per heavy atom. The van der Waals surface area contributed by atoms with Crippen molar-refractivity contribution < 1.29 is 4.39 Å². The molecule has 0 radical (unpaired) electrons. The SMILES string of the molecule is CC(N)(Cc1ccc(Cl)s1)c1ccc(F)cn1. The highest BCUT2D eigenvalue weighted by Gasteiger charge is 2.24. The van der Waals surface area contributed by atoms with Crippen molar-refractivity contribution in [2.24, 2.45) is 5.73 Å². The van der Waals surface area contributed by atoms with Crippen LogP contribution in [0.5, 0.6) is 0 Å². The molecule has 0 aliphatic rings. The smallest absolute Gasteiger partial charge is 0.141 e. The number of aromatic nitrogens is 1. The quantitative estimate of drug-likeness (QED) is 0.929. The van der Waals surface area contributed by atoms with Gasteiger partial charge in [-0.05, 0) is 31.2 Å². The fourth-order valence-electron chi connectivity index (χ4n) is 1.61. The summed E-state index contributed by atoms with van der Waals surface area (Å²) in [5.41, 5.74) is 6.25. The standard InChI is InChI=1S/C12H12ClFN2S/c1-12(15,6-9-3-5-11(13)17-9)10-4-2-8(14)7-16-10/h2-5,7H,6,15H2,1H3. The van der Waals surface area contributed by atoms with Crippen molar-refractivity contribution in [2.45, 2.75) is 18.9 Å². The molecule has 1 unspecified atom stereocenters. The number of hydrogen-bond donors (Lipinski definition) is 1. The molecule has 0 aliphatic heterocycles. The van der Waals surface area contributed by atoms with Crippen LogP contribution in [0, 0.1) is 5.82 Å². The summed E-state index contributed by atoms with van der Waals surface area (Å²) < 4.78 is 13.5. The van der Waals surface area contributed by atoms with E-state index < -0.39 is 5.54 Å². The van der Waals surface area contributed by atoms with Gasteiger partial charge in [0.1, 0.15) is 5.82 Å². The minimum Gasteiger partial charge on any atom is -0.320 e. The lowest BCUT2D eigenvalue weighted by Gasteiger charge is -2.23. The van der Waals surface area contributed by atoms with Gasteiger partial charge in [0.15, 0.2) is 0 Å². The number of thiophene rings is 1. The second-order valence-corrected chi connectivity index (χ2v) is 5.96. The van der Waals surface area contributed by atoms with Crippen LogP contribution < -0.4 is 5.73 Å². The predicted octanol–water partition coefficient (Wildman–Crippen LogP) is 3.35. The van der Waals surface area contributed by atoms with E-state index in [1.54, 1.807) is 6.07 Å². The highest BCUT2D eigenvalue weighted by molar-refractivity contribution is 7.16. The first-order chi connectivity index (χ1) is 7.97. The Hall–Kier alpha value is -0.970. The largest absolute Gasteiger partial charge is 0.320 e. The van der Waals surface area contributed by atoms with E-state index in [0.29, 0.717) is 12.1 Å². The number of nitrogens with two attached hydrogens (primary N) is 1. The maximum Gasteiger partial charge on any atom is 0.141 e. The zero-order valence-corrected chi connectivity index (χ0v) is 10.9. The van der Waals surface area contributed by atoms with Crippen LogP contribution in [0.2, 0.25) is 4.34 Å². The maximum absolute atomic E-state index is 12.8.